The molecule has 0 unspecified atom stereocenters. The molecule has 4 aromatic carbocycles. The predicted molar refractivity (Wildman–Crippen MR) is 234 cm³/mol. The number of rotatable bonds is 8. The highest BCUT2D eigenvalue weighted by Gasteiger charge is 2.44. The van der Waals surface area contributed by atoms with Gasteiger partial charge in [-0.2, -0.15) is 0 Å². The molecule has 0 bridgehead atoms. The first-order valence-electron chi connectivity index (χ1n) is 20.1. The molecule has 4 nitrogen and oxygen atoms in total. The predicted octanol–water partition coefficient (Wildman–Crippen LogP) is 12.5. The second kappa shape index (κ2) is 16.4. The second-order valence-corrected chi connectivity index (χ2v) is 21.4. The van der Waals surface area contributed by atoms with Crippen LogP contribution in [0.2, 0.25) is 0 Å². The van der Waals surface area contributed by atoms with E-state index in [1.807, 2.05) is 41.5 Å². The molecule has 0 saturated heterocycles. The molecule has 0 amide bonds. The number of benzene rings is 4. The topological polar surface area (TPSA) is 40.6 Å². The van der Waals surface area contributed by atoms with Crippen LogP contribution in [0.3, 0.4) is 0 Å². The summed E-state index contributed by atoms with van der Waals surface area (Å²) in [4.78, 5) is 31.9. The summed E-state index contributed by atoms with van der Waals surface area (Å²) in [6, 6.07) is 29.5. The highest BCUT2D eigenvalue weighted by molar-refractivity contribution is 5.91. The molecule has 0 fully saturated rings. The van der Waals surface area contributed by atoms with Crippen molar-refractivity contribution in [2.45, 2.75) is 172 Å². The quantitative estimate of drug-likeness (QED) is 0.181. The van der Waals surface area contributed by atoms with E-state index in [4.69, 9.17) is 0 Å². The smallest absolute Gasteiger partial charge is 0.155 e. The standard InChI is InChI=1S/2C25H37NO/c1-23(2,3)22(27)21(26(24(4,5)6)25(7,8)9)17-19-15-12-14-18-13-10-11-16-20(18)19;1-23(2,3)22(27)21(26(24(4,5)6)25(7,8)9)17-18-14-15-19-12-10-11-13-20(19)16-18/h2*10-16,21H,17H2,1-9H3/t2*21-/m00/s1. The molecule has 0 radical (unpaired) electrons. The Hall–Kier alpha value is -3.34. The molecule has 4 rings (SSSR count). The van der Waals surface area contributed by atoms with Gasteiger partial charge in [0.15, 0.2) is 11.6 Å². The molecule has 296 valence electrons. The number of hydrogen-bond acceptors (Lipinski definition) is 4. The van der Waals surface area contributed by atoms with Crippen LogP contribution in [0.25, 0.3) is 21.5 Å². The zero-order valence-corrected chi connectivity index (χ0v) is 37.4. The maximum Gasteiger partial charge on any atom is 0.155 e. The fourth-order valence-corrected chi connectivity index (χ4v) is 8.75. The van der Waals surface area contributed by atoms with Crippen molar-refractivity contribution in [3.8, 4) is 0 Å². The Balaban J connectivity index is 0.000000290. The summed E-state index contributed by atoms with van der Waals surface area (Å²) in [7, 11) is 0. The number of carbonyl (C=O) groups excluding carboxylic acids is 2. The molecule has 0 aliphatic heterocycles. The first-order chi connectivity index (χ1) is 24.4. The molecule has 0 N–H and O–H groups in total. The van der Waals surface area contributed by atoms with Gasteiger partial charge in [0, 0.05) is 33.0 Å². The molecule has 0 heterocycles. The van der Waals surface area contributed by atoms with Gasteiger partial charge in [0.25, 0.3) is 0 Å². The third-order valence-electron chi connectivity index (χ3n) is 10.1. The normalized spacial score (nSPS) is 14.6. The fraction of sp³-hybridized carbons (Fsp3) is 0.560. The molecule has 4 aromatic rings. The van der Waals surface area contributed by atoms with E-state index in [1.165, 1.54) is 32.7 Å². The Kier molecular flexibility index (Phi) is 13.7. The van der Waals surface area contributed by atoms with Crippen molar-refractivity contribution >= 4 is 33.1 Å². The van der Waals surface area contributed by atoms with E-state index in [1.54, 1.807) is 0 Å². The molecule has 2 atom stereocenters. The molecule has 54 heavy (non-hydrogen) atoms. The van der Waals surface area contributed by atoms with Gasteiger partial charge in [-0.25, -0.2) is 0 Å². The third-order valence-corrected chi connectivity index (χ3v) is 10.1. The summed E-state index contributed by atoms with van der Waals surface area (Å²) in [6.45, 7) is 38.7. The van der Waals surface area contributed by atoms with Crippen molar-refractivity contribution in [2.75, 3.05) is 0 Å². The monoisotopic (exact) mass is 735 g/mol. The fourth-order valence-electron chi connectivity index (χ4n) is 8.75. The Labute approximate surface area is 330 Å². The van der Waals surface area contributed by atoms with Gasteiger partial charge in [0.1, 0.15) is 0 Å². The van der Waals surface area contributed by atoms with Gasteiger partial charge in [0.05, 0.1) is 12.1 Å². The molecular weight excluding hydrogens is 661 g/mol. The van der Waals surface area contributed by atoms with Crippen LogP contribution in [0, 0.1) is 10.8 Å². The minimum Gasteiger partial charge on any atom is -0.297 e. The van der Waals surface area contributed by atoms with Gasteiger partial charge in [-0.3, -0.25) is 19.4 Å². The van der Waals surface area contributed by atoms with E-state index in [0.717, 1.165) is 12.8 Å². The number of ketones is 2. The summed E-state index contributed by atoms with van der Waals surface area (Å²) in [5, 5.41) is 4.95. The molecule has 4 heteroatoms. The zero-order chi connectivity index (χ0) is 41.2. The first kappa shape index (κ1) is 45.1. The molecule has 0 spiro atoms. The lowest BCUT2D eigenvalue weighted by molar-refractivity contribution is -0.138. The lowest BCUT2D eigenvalue weighted by atomic mass is 9.79. The minimum absolute atomic E-state index is 0.110. The van der Waals surface area contributed by atoms with Gasteiger partial charge >= 0.3 is 0 Å². The molecule has 0 aromatic heterocycles. The highest BCUT2D eigenvalue weighted by Crippen LogP contribution is 2.36. The molecule has 0 aliphatic carbocycles. The maximum atomic E-state index is 13.6. The van der Waals surface area contributed by atoms with Gasteiger partial charge < -0.3 is 0 Å². The van der Waals surface area contributed by atoms with Crippen LogP contribution in [0.4, 0.5) is 0 Å². The zero-order valence-electron chi connectivity index (χ0n) is 37.4. The number of fused-ring (bicyclic) bond motifs is 2. The van der Waals surface area contributed by atoms with E-state index >= 15 is 0 Å². The van der Waals surface area contributed by atoms with Gasteiger partial charge in [0.2, 0.25) is 0 Å². The highest BCUT2D eigenvalue weighted by atomic mass is 16.1. The van der Waals surface area contributed by atoms with E-state index in [9.17, 15) is 9.59 Å². The number of carbonyl (C=O) groups is 2. The summed E-state index contributed by atoms with van der Waals surface area (Å²) in [6.07, 6.45) is 1.46. The number of Topliss-reactive ketones (excluding diaryl/α,β-unsaturated/α-hetero) is 2. The van der Waals surface area contributed by atoms with Crippen molar-refractivity contribution in [2.24, 2.45) is 10.8 Å². The maximum absolute atomic E-state index is 13.6. The van der Waals surface area contributed by atoms with Gasteiger partial charge in [-0.15, -0.1) is 0 Å². The summed E-state index contributed by atoms with van der Waals surface area (Å²) >= 11 is 0. The number of hydrogen-bond donors (Lipinski definition) is 0. The summed E-state index contributed by atoms with van der Waals surface area (Å²) < 4.78 is 0. The van der Waals surface area contributed by atoms with Gasteiger partial charge in [-0.1, -0.05) is 126 Å². The Morgan fingerprint density at radius 3 is 1.28 bits per heavy atom. The van der Waals surface area contributed by atoms with Crippen LogP contribution >= 0.6 is 0 Å². The van der Waals surface area contributed by atoms with Crippen molar-refractivity contribution in [1.82, 2.24) is 9.80 Å². The van der Waals surface area contributed by atoms with Crippen LogP contribution in [0.15, 0.2) is 84.9 Å². The Bertz CT molecular complexity index is 1840. The van der Waals surface area contributed by atoms with Crippen molar-refractivity contribution in [3.05, 3.63) is 96.1 Å². The van der Waals surface area contributed by atoms with Crippen LogP contribution in [0.1, 0.15) is 136 Å². The largest absolute Gasteiger partial charge is 0.297 e. The van der Waals surface area contributed by atoms with E-state index in [0.29, 0.717) is 11.6 Å². The second-order valence-electron chi connectivity index (χ2n) is 21.4. The first-order valence-corrected chi connectivity index (χ1v) is 20.1. The minimum atomic E-state index is -0.385. The Morgan fingerprint density at radius 1 is 0.444 bits per heavy atom. The van der Waals surface area contributed by atoms with E-state index in [2.05, 4.69) is 178 Å². The Morgan fingerprint density at radius 2 is 0.833 bits per heavy atom. The SMILES string of the molecule is CC(C)(C)C(=O)[C@H](Cc1ccc2ccccc2c1)N(C(C)(C)C)C(C)(C)C.CC(C)(C)C(=O)[C@H](Cc1cccc2ccccc12)N(C(C)(C)C)C(C)(C)C. The lowest BCUT2D eigenvalue weighted by Gasteiger charge is -2.50. The van der Waals surface area contributed by atoms with Crippen LogP contribution in [-0.2, 0) is 22.4 Å². The molecule has 0 aliphatic rings. The van der Waals surface area contributed by atoms with Crippen LogP contribution < -0.4 is 0 Å². The average Bonchev–Trinajstić information content (AvgIpc) is 3.00. The molecule has 0 saturated carbocycles. The van der Waals surface area contributed by atoms with Crippen molar-refractivity contribution in [1.29, 1.82) is 0 Å². The summed E-state index contributed by atoms with van der Waals surface area (Å²) in [5.74, 6) is 0.612. The van der Waals surface area contributed by atoms with E-state index in [-0.39, 0.29) is 45.1 Å². The van der Waals surface area contributed by atoms with Crippen LogP contribution in [-0.4, -0.2) is 55.6 Å². The third kappa shape index (κ3) is 11.6. The van der Waals surface area contributed by atoms with Gasteiger partial charge in [-0.05, 0) is 129 Å². The summed E-state index contributed by atoms with van der Waals surface area (Å²) in [5.41, 5.74) is 1.24. The van der Waals surface area contributed by atoms with Crippen LogP contribution in [0.5, 0.6) is 0 Å². The van der Waals surface area contributed by atoms with E-state index < -0.39 is 0 Å². The van der Waals surface area contributed by atoms with Crippen molar-refractivity contribution < 1.29 is 9.59 Å². The average molecular weight is 735 g/mol. The number of nitrogens with zero attached hydrogens (tertiary/aromatic N) is 2. The lowest BCUT2D eigenvalue weighted by Crippen LogP contribution is -2.62. The molecular formula is C50H74N2O2. The van der Waals surface area contributed by atoms with Crippen molar-refractivity contribution in [3.63, 3.8) is 0 Å².